The standard InChI is InChI=1S/C13H16N4O2/c14-13-9-17(15-19-13)16-6-7-18-10-12(16)8-11-4-2-1-3-5-11/h1-5,9,12,14H,6-8,10H2. The summed E-state index contributed by atoms with van der Waals surface area (Å²) >= 11 is 0. The predicted molar refractivity (Wildman–Crippen MR) is 68.5 cm³/mol. The fourth-order valence-corrected chi connectivity index (χ4v) is 2.33. The molecule has 1 saturated heterocycles. The highest BCUT2D eigenvalue weighted by Gasteiger charge is 2.31. The molecule has 3 rings (SSSR count). The highest BCUT2D eigenvalue weighted by atomic mass is 16.5. The quantitative estimate of drug-likeness (QED) is 0.778. The molecule has 6 heteroatoms. The van der Waals surface area contributed by atoms with Gasteiger partial charge in [-0.1, -0.05) is 30.3 Å². The van der Waals surface area contributed by atoms with E-state index in [1.165, 1.54) is 5.56 Å². The zero-order valence-electron chi connectivity index (χ0n) is 10.5. The van der Waals surface area contributed by atoms with Crippen LogP contribution in [0.4, 0.5) is 5.88 Å². The minimum atomic E-state index is 0.0601. The monoisotopic (exact) mass is 260 g/mol. The smallest absolute Gasteiger partial charge is 0.256 e. The van der Waals surface area contributed by atoms with Crippen molar-refractivity contribution in [1.82, 2.24) is 5.27 Å². The van der Waals surface area contributed by atoms with Crippen LogP contribution in [0.15, 0.2) is 41.1 Å². The molecule has 0 spiro atoms. The molecule has 1 aliphatic heterocycles. The van der Waals surface area contributed by atoms with Gasteiger partial charge in [0.25, 0.3) is 6.20 Å². The van der Waals surface area contributed by atoms with E-state index in [1.54, 1.807) is 11.0 Å². The average molecular weight is 260 g/mol. The van der Waals surface area contributed by atoms with Gasteiger partial charge in [0.1, 0.15) is 11.9 Å². The minimum Gasteiger partial charge on any atom is -0.660 e. The molecule has 2 heterocycles. The predicted octanol–water partition coefficient (Wildman–Crippen LogP) is 1.23. The molecule has 1 unspecified atom stereocenters. The largest absolute Gasteiger partial charge is 0.660 e. The van der Waals surface area contributed by atoms with Gasteiger partial charge in [0.15, 0.2) is 0 Å². The third-order valence-corrected chi connectivity index (χ3v) is 3.23. The van der Waals surface area contributed by atoms with E-state index < -0.39 is 0 Å². The molecule has 1 fully saturated rings. The van der Waals surface area contributed by atoms with E-state index in [4.69, 9.17) is 15.0 Å². The Hall–Kier alpha value is -2.08. The number of nitrogens with zero attached hydrogens (tertiary/aromatic N) is 3. The van der Waals surface area contributed by atoms with Crippen LogP contribution >= 0.6 is 0 Å². The lowest BCUT2D eigenvalue weighted by Gasteiger charge is -2.29. The fraction of sp³-hybridized carbons (Fsp3) is 0.385. The number of benzene rings is 1. The zero-order chi connectivity index (χ0) is 13.1. The molecule has 1 N–H and O–H groups in total. The first-order valence-corrected chi connectivity index (χ1v) is 6.32. The number of morpholine rings is 1. The van der Waals surface area contributed by atoms with Gasteiger partial charge in [-0.25, -0.2) is 0 Å². The number of ether oxygens (including phenoxy) is 1. The molecule has 0 amide bonds. The van der Waals surface area contributed by atoms with E-state index in [2.05, 4.69) is 22.4 Å². The molecule has 100 valence electrons. The van der Waals surface area contributed by atoms with Crippen molar-refractivity contribution < 1.29 is 14.1 Å². The number of hydrogen-bond acceptors (Lipinski definition) is 4. The normalized spacial score (nSPS) is 19.6. The Kier molecular flexibility index (Phi) is 3.33. The molecule has 2 aromatic rings. The molecule has 0 saturated carbocycles. The third-order valence-electron chi connectivity index (χ3n) is 3.23. The van der Waals surface area contributed by atoms with E-state index in [1.807, 2.05) is 18.2 Å². The summed E-state index contributed by atoms with van der Waals surface area (Å²) in [6, 6.07) is 10.5. The molecule has 0 bridgehead atoms. The van der Waals surface area contributed by atoms with Crippen LogP contribution in [0.3, 0.4) is 0 Å². The highest BCUT2D eigenvalue weighted by Crippen LogP contribution is 2.11. The van der Waals surface area contributed by atoms with E-state index in [-0.39, 0.29) is 11.9 Å². The van der Waals surface area contributed by atoms with Crippen molar-refractivity contribution in [3.05, 3.63) is 47.8 Å². The number of hydrogen-bond donors (Lipinski definition) is 0. The van der Waals surface area contributed by atoms with Crippen LogP contribution in [0.1, 0.15) is 5.56 Å². The van der Waals surface area contributed by atoms with Gasteiger partial charge in [-0.05, 0) is 5.56 Å². The van der Waals surface area contributed by atoms with Crippen LogP contribution in [0.5, 0.6) is 0 Å². The molecule has 1 aromatic carbocycles. The Balaban J connectivity index is 1.77. The Morgan fingerprint density at radius 2 is 2.21 bits per heavy atom. The van der Waals surface area contributed by atoms with Crippen molar-refractivity contribution in [2.24, 2.45) is 0 Å². The van der Waals surface area contributed by atoms with Gasteiger partial charge in [0.2, 0.25) is 5.27 Å². The summed E-state index contributed by atoms with van der Waals surface area (Å²) in [5, 5.41) is 5.94. The fourth-order valence-electron chi connectivity index (χ4n) is 2.33. The second kappa shape index (κ2) is 5.27. The van der Waals surface area contributed by atoms with E-state index >= 15 is 0 Å². The lowest BCUT2D eigenvalue weighted by atomic mass is 10.1. The van der Waals surface area contributed by atoms with Crippen molar-refractivity contribution in [3.8, 4) is 0 Å². The Morgan fingerprint density at radius 3 is 2.95 bits per heavy atom. The second-order valence-corrected chi connectivity index (χ2v) is 4.57. The molecule has 1 aliphatic rings. The third kappa shape index (κ3) is 2.68. The maximum Gasteiger partial charge on any atom is 0.256 e. The number of nitrogens with one attached hydrogen (secondary N) is 1. The van der Waals surface area contributed by atoms with Gasteiger partial charge in [0, 0.05) is 6.42 Å². The van der Waals surface area contributed by atoms with Crippen LogP contribution < -0.4 is 9.80 Å². The SMILES string of the molecule is [NH-]c1c[n+](N2CCOCC2Cc2ccccc2)no1. The van der Waals surface area contributed by atoms with Gasteiger partial charge >= 0.3 is 0 Å². The molecular weight excluding hydrogens is 244 g/mol. The van der Waals surface area contributed by atoms with E-state index in [0.29, 0.717) is 13.2 Å². The van der Waals surface area contributed by atoms with Crippen molar-refractivity contribution in [2.75, 3.05) is 24.8 Å². The van der Waals surface area contributed by atoms with Crippen molar-refractivity contribution in [3.63, 3.8) is 0 Å². The van der Waals surface area contributed by atoms with Gasteiger partial charge in [-0.15, -0.1) is 5.01 Å². The zero-order valence-corrected chi connectivity index (χ0v) is 10.5. The Labute approximate surface area is 111 Å². The lowest BCUT2D eigenvalue weighted by Crippen LogP contribution is -2.67. The topological polar surface area (TPSA) is 66.2 Å². The summed E-state index contributed by atoms with van der Waals surface area (Å²) in [4.78, 5) is 1.61. The molecule has 1 atom stereocenters. The summed E-state index contributed by atoms with van der Waals surface area (Å²) in [7, 11) is 0. The first kappa shape index (κ1) is 12.0. The summed E-state index contributed by atoms with van der Waals surface area (Å²) in [6.07, 6.45) is 2.46. The molecule has 1 aromatic heterocycles. The second-order valence-electron chi connectivity index (χ2n) is 4.57. The molecular formula is C13H16N4O2. The number of rotatable bonds is 3. The Morgan fingerprint density at radius 1 is 1.37 bits per heavy atom. The van der Waals surface area contributed by atoms with E-state index in [0.717, 1.165) is 13.0 Å². The summed E-state index contributed by atoms with van der Waals surface area (Å²) < 4.78 is 10.4. The molecule has 0 radical (unpaired) electrons. The maximum absolute atomic E-state index is 7.41. The van der Waals surface area contributed by atoms with Crippen LogP contribution in [-0.2, 0) is 11.2 Å². The van der Waals surface area contributed by atoms with Crippen molar-refractivity contribution >= 4 is 5.88 Å². The highest BCUT2D eigenvalue weighted by molar-refractivity contribution is 5.20. The number of aromatic nitrogens is 2. The van der Waals surface area contributed by atoms with Gasteiger partial charge in [-0.3, -0.25) is 0 Å². The molecule has 6 nitrogen and oxygen atoms in total. The summed E-state index contributed by atoms with van der Waals surface area (Å²) in [5.74, 6) is 0.0601. The van der Waals surface area contributed by atoms with Crippen LogP contribution in [0.2, 0.25) is 0 Å². The lowest BCUT2D eigenvalue weighted by molar-refractivity contribution is -0.763. The minimum absolute atomic E-state index is 0.0601. The summed E-state index contributed by atoms with van der Waals surface area (Å²) in [5.41, 5.74) is 8.68. The van der Waals surface area contributed by atoms with Gasteiger partial charge in [0.05, 0.1) is 24.5 Å². The van der Waals surface area contributed by atoms with Crippen LogP contribution in [0, 0.1) is 0 Å². The maximum atomic E-state index is 7.41. The Bertz CT molecular complexity index is 528. The summed E-state index contributed by atoms with van der Waals surface area (Å²) in [6.45, 7) is 2.06. The molecule has 19 heavy (non-hydrogen) atoms. The van der Waals surface area contributed by atoms with Crippen molar-refractivity contribution in [2.45, 2.75) is 12.5 Å². The average Bonchev–Trinajstić information content (AvgIpc) is 2.87. The van der Waals surface area contributed by atoms with Gasteiger partial charge < -0.3 is 15.0 Å². The first-order chi connectivity index (χ1) is 9.33. The van der Waals surface area contributed by atoms with E-state index in [9.17, 15) is 0 Å². The molecule has 0 aliphatic carbocycles. The van der Waals surface area contributed by atoms with Gasteiger partial charge in [-0.2, -0.15) is 0 Å². The first-order valence-electron chi connectivity index (χ1n) is 6.32. The van der Waals surface area contributed by atoms with Crippen molar-refractivity contribution in [1.29, 1.82) is 0 Å². The van der Waals surface area contributed by atoms with Crippen LogP contribution in [0.25, 0.3) is 5.73 Å². The van der Waals surface area contributed by atoms with Crippen LogP contribution in [-0.4, -0.2) is 31.1 Å².